The second-order valence-electron chi connectivity index (χ2n) is 3.90. The molecule has 3 nitrogen and oxygen atoms in total. The van der Waals surface area contributed by atoms with Gasteiger partial charge in [-0.25, -0.2) is 0 Å². The van der Waals surface area contributed by atoms with Crippen molar-refractivity contribution in [1.29, 1.82) is 0 Å². The normalized spacial score (nSPS) is 14.7. The van der Waals surface area contributed by atoms with Crippen LogP contribution in [0.1, 0.15) is 24.0 Å². The third kappa shape index (κ3) is 3.16. The standard InChI is InChI=1S/C11H15N3S/c1-8-4-5-12-6-9(8)7-13-11(15)14-10-2-3-10/h4-6,10H,2-3,7H2,1H3,(H2,13,14,15). The fourth-order valence-corrected chi connectivity index (χ4v) is 1.56. The molecule has 0 saturated heterocycles. The van der Waals surface area contributed by atoms with Crippen LogP contribution in [0.3, 0.4) is 0 Å². The van der Waals surface area contributed by atoms with Crippen molar-refractivity contribution < 1.29 is 0 Å². The summed E-state index contributed by atoms with van der Waals surface area (Å²) < 4.78 is 0. The number of aromatic nitrogens is 1. The zero-order valence-corrected chi connectivity index (χ0v) is 9.60. The SMILES string of the molecule is Cc1ccncc1CNC(=S)NC1CC1. The van der Waals surface area contributed by atoms with Gasteiger partial charge in [0.15, 0.2) is 5.11 Å². The second-order valence-corrected chi connectivity index (χ2v) is 4.31. The fourth-order valence-electron chi connectivity index (χ4n) is 1.32. The molecule has 0 spiro atoms. The van der Waals surface area contributed by atoms with Gasteiger partial charge in [0.05, 0.1) is 0 Å². The maximum Gasteiger partial charge on any atom is 0.166 e. The average molecular weight is 221 g/mol. The number of rotatable bonds is 3. The zero-order chi connectivity index (χ0) is 10.7. The molecule has 0 atom stereocenters. The first-order chi connectivity index (χ1) is 7.25. The van der Waals surface area contributed by atoms with Crippen molar-refractivity contribution in [3.05, 3.63) is 29.6 Å². The summed E-state index contributed by atoms with van der Waals surface area (Å²) in [4.78, 5) is 4.09. The maximum absolute atomic E-state index is 5.17. The maximum atomic E-state index is 5.17. The zero-order valence-electron chi connectivity index (χ0n) is 8.79. The van der Waals surface area contributed by atoms with Crippen molar-refractivity contribution in [2.75, 3.05) is 0 Å². The van der Waals surface area contributed by atoms with E-state index >= 15 is 0 Å². The minimum atomic E-state index is 0.611. The largest absolute Gasteiger partial charge is 0.360 e. The highest BCUT2D eigenvalue weighted by molar-refractivity contribution is 7.80. The smallest absolute Gasteiger partial charge is 0.166 e. The lowest BCUT2D eigenvalue weighted by Gasteiger charge is -2.10. The van der Waals surface area contributed by atoms with Crippen molar-refractivity contribution in [3.8, 4) is 0 Å². The van der Waals surface area contributed by atoms with Crippen LogP contribution >= 0.6 is 12.2 Å². The van der Waals surface area contributed by atoms with Gasteiger partial charge >= 0.3 is 0 Å². The second kappa shape index (κ2) is 4.57. The Hall–Kier alpha value is -1.16. The van der Waals surface area contributed by atoms with Gasteiger partial charge in [0.1, 0.15) is 0 Å². The third-order valence-electron chi connectivity index (χ3n) is 2.50. The molecule has 2 N–H and O–H groups in total. The average Bonchev–Trinajstić information content (AvgIpc) is 3.00. The number of thiocarbonyl (C=S) groups is 1. The van der Waals surface area contributed by atoms with Gasteiger partial charge in [-0.2, -0.15) is 0 Å². The molecule has 0 unspecified atom stereocenters. The van der Waals surface area contributed by atoms with Crippen molar-refractivity contribution in [1.82, 2.24) is 15.6 Å². The molecule has 15 heavy (non-hydrogen) atoms. The number of hydrogen-bond donors (Lipinski definition) is 2. The molecule has 1 fully saturated rings. The van der Waals surface area contributed by atoms with Crippen LogP contribution in [-0.2, 0) is 6.54 Å². The molecule has 0 aliphatic heterocycles. The van der Waals surface area contributed by atoms with Gasteiger partial charge in [0.2, 0.25) is 0 Å². The lowest BCUT2D eigenvalue weighted by atomic mass is 10.2. The van der Waals surface area contributed by atoms with Gasteiger partial charge in [-0.3, -0.25) is 4.98 Å². The molecule has 1 saturated carbocycles. The first-order valence-corrected chi connectivity index (χ1v) is 5.60. The fraction of sp³-hybridized carbons (Fsp3) is 0.455. The molecule has 1 aliphatic carbocycles. The Morgan fingerprint density at radius 1 is 1.60 bits per heavy atom. The van der Waals surface area contributed by atoms with Gasteiger partial charge < -0.3 is 10.6 Å². The summed E-state index contributed by atoms with van der Waals surface area (Å²) >= 11 is 5.17. The van der Waals surface area contributed by atoms with E-state index in [1.807, 2.05) is 12.3 Å². The molecule has 1 aromatic heterocycles. The van der Waals surface area contributed by atoms with Crippen LogP contribution in [0.15, 0.2) is 18.5 Å². The van der Waals surface area contributed by atoms with Crippen LogP contribution in [0.25, 0.3) is 0 Å². The Bertz CT molecular complexity index is 361. The molecule has 0 bridgehead atoms. The predicted molar refractivity (Wildman–Crippen MR) is 64.6 cm³/mol. The highest BCUT2D eigenvalue weighted by Gasteiger charge is 2.21. The highest BCUT2D eigenvalue weighted by Crippen LogP contribution is 2.18. The summed E-state index contributed by atoms with van der Waals surface area (Å²) in [6.45, 7) is 2.83. The van der Waals surface area contributed by atoms with E-state index in [-0.39, 0.29) is 0 Å². The van der Waals surface area contributed by atoms with Crippen LogP contribution in [0.4, 0.5) is 0 Å². The molecular formula is C11H15N3S. The lowest BCUT2D eigenvalue weighted by molar-refractivity contribution is 0.823. The van der Waals surface area contributed by atoms with Crippen molar-refractivity contribution in [2.45, 2.75) is 32.4 Å². The van der Waals surface area contributed by atoms with E-state index in [0.29, 0.717) is 6.04 Å². The third-order valence-corrected chi connectivity index (χ3v) is 2.76. The number of hydrogen-bond acceptors (Lipinski definition) is 2. The Kier molecular flexibility index (Phi) is 3.16. The van der Waals surface area contributed by atoms with E-state index < -0.39 is 0 Å². The van der Waals surface area contributed by atoms with E-state index in [1.165, 1.54) is 24.0 Å². The monoisotopic (exact) mass is 221 g/mol. The number of aryl methyl sites for hydroxylation is 1. The Balaban J connectivity index is 1.81. The van der Waals surface area contributed by atoms with E-state index in [1.54, 1.807) is 6.20 Å². The van der Waals surface area contributed by atoms with Gasteiger partial charge in [0, 0.05) is 25.0 Å². The summed E-state index contributed by atoms with van der Waals surface area (Å²) in [5.41, 5.74) is 2.43. The first-order valence-electron chi connectivity index (χ1n) is 5.19. The number of pyridine rings is 1. The molecule has 1 heterocycles. The minimum Gasteiger partial charge on any atom is -0.360 e. The molecule has 2 rings (SSSR count). The van der Waals surface area contributed by atoms with Crippen molar-refractivity contribution >= 4 is 17.3 Å². The van der Waals surface area contributed by atoms with Gasteiger partial charge in [-0.15, -0.1) is 0 Å². The van der Waals surface area contributed by atoms with Crippen LogP contribution in [-0.4, -0.2) is 16.1 Å². The van der Waals surface area contributed by atoms with Crippen LogP contribution in [0, 0.1) is 6.92 Å². The van der Waals surface area contributed by atoms with E-state index in [9.17, 15) is 0 Å². The van der Waals surface area contributed by atoms with Crippen LogP contribution < -0.4 is 10.6 Å². The molecular weight excluding hydrogens is 206 g/mol. The first kappa shape index (κ1) is 10.4. The molecule has 1 aromatic rings. The summed E-state index contributed by atoms with van der Waals surface area (Å²) in [6, 6.07) is 2.62. The van der Waals surface area contributed by atoms with E-state index in [4.69, 9.17) is 12.2 Å². The minimum absolute atomic E-state index is 0.611. The van der Waals surface area contributed by atoms with Gasteiger partial charge in [-0.05, 0) is 49.2 Å². The Morgan fingerprint density at radius 3 is 3.07 bits per heavy atom. The van der Waals surface area contributed by atoms with Crippen molar-refractivity contribution in [3.63, 3.8) is 0 Å². The summed E-state index contributed by atoms with van der Waals surface area (Å²) in [7, 11) is 0. The number of nitrogens with zero attached hydrogens (tertiary/aromatic N) is 1. The van der Waals surface area contributed by atoms with Crippen LogP contribution in [0.2, 0.25) is 0 Å². The van der Waals surface area contributed by atoms with E-state index in [0.717, 1.165) is 11.7 Å². The van der Waals surface area contributed by atoms with Gasteiger partial charge in [0.25, 0.3) is 0 Å². The predicted octanol–water partition coefficient (Wildman–Crippen LogP) is 1.52. The van der Waals surface area contributed by atoms with Crippen molar-refractivity contribution in [2.24, 2.45) is 0 Å². The molecule has 1 aliphatic rings. The summed E-state index contributed by atoms with van der Waals surface area (Å²) in [5, 5.41) is 7.19. The molecule has 80 valence electrons. The van der Waals surface area contributed by atoms with E-state index in [2.05, 4.69) is 22.5 Å². The topological polar surface area (TPSA) is 37.0 Å². The Morgan fingerprint density at radius 2 is 2.40 bits per heavy atom. The summed E-state index contributed by atoms with van der Waals surface area (Å²) in [5.74, 6) is 0. The molecule has 0 amide bonds. The quantitative estimate of drug-likeness (QED) is 0.759. The molecule has 0 radical (unpaired) electrons. The molecule has 4 heteroatoms. The molecule has 0 aromatic carbocycles. The lowest BCUT2D eigenvalue weighted by Crippen LogP contribution is -2.36. The van der Waals surface area contributed by atoms with Crippen LogP contribution in [0.5, 0.6) is 0 Å². The number of nitrogens with one attached hydrogen (secondary N) is 2. The summed E-state index contributed by atoms with van der Waals surface area (Å²) in [6.07, 6.45) is 6.17. The van der Waals surface area contributed by atoms with Gasteiger partial charge in [-0.1, -0.05) is 0 Å². The Labute approximate surface area is 95.3 Å². The highest BCUT2D eigenvalue weighted by atomic mass is 32.1.